The number of sulfonamides is 1. The third-order valence-corrected chi connectivity index (χ3v) is 5.16. The molecule has 2 N–H and O–H groups in total. The molecule has 2 rings (SSSR count). The first-order valence-electron chi connectivity index (χ1n) is 6.72. The fraction of sp³-hybridized carbons (Fsp3) is 0.667. The molecule has 8 heteroatoms. The van der Waals surface area contributed by atoms with E-state index in [2.05, 4.69) is 5.10 Å². The number of nitrogens with zero attached hydrogens (tertiary/aromatic N) is 4. The minimum atomic E-state index is -3.66. The van der Waals surface area contributed by atoms with Gasteiger partial charge in [0.2, 0.25) is 10.0 Å². The summed E-state index contributed by atoms with van der Waals surface area (Å²) in [5, 5.41) is 12.7. The van der Waals surface area contributed by atoms with E-state index in [1.54, 1.807) is 4.68 Å². The van der Waals surface area contributed by atoms with E-state index >= 15 is 0 Å². The Hall–Kier alpha value is -1.59. The van der Waals surface area contributed by atoms with Gasteiger partial charge in [-0.2, -0.15) is 14.7 Å². The highest BCUT2D eigenvalue weighted by molar-refractivity contribution is 7.89. The van der Waals surface area contributed by atoms with Crippen LogP contribution in [0.3, 0.4) is 0 Å². The zero-order chi connectivity index (χ0) is 14.8. The van der Waals surface area contributed by atoms with E-state index < -0.39 is 10.0 Å². The number of rotatable bonds is 7. The van der Waals surface area contributed by atoms with Crippen molar-refractivity contribution in [1.29, 1.82) is 5.26 Å². The molecule has 1 aliphatic carbocycles. The van der Waals surface area contributed by atoms with Crippen molar-refractivity contribution in [2.45, 2.75) is 50.1 Å². The van der Waals surface area contributed by atoms with Crippen molar-refractivity contribution in [3.63, 3.8) is 0 Å². The van der Waals surface area contributed by atoms with Crippen molar-refractivity contribution >= 4 is 15.8 Å². The summed E-state index contributed by atoms with van der Waals surface area (Å²) in [7, 11) is -3.66. The number of aryl methyl sites for hydroxylation is 1. The lowest BCUT2D eigenvalue weighted by molar-refractivity contribution is 0.411. The quantitative estimate of drug-likeness (QED) is 0.806. The smallest absolute Gasteiger partial charge is 0.248 e. The van der Waals surface area contributed by atoms with Crippen LogP contribution in [-0.2, 0) is 16.6 Å². The molecule has 1 aliphatic rings. The van der Waals surface area contributed by atoms with Crippen LogP contribution < -0.4 is 5.73 Å². The van der Waals surface area contributed by atoms with E-state index in [1.807, 2.05) is 13.0 Å². The molecular formula is C12H19N5O2S. The topological polar surface area (TPSA) is 105 Å². The lowest BCUT2D eigenvalue weighted by Gasteiger charge is -2.19. The van der Waals surface area contributed by atoms with Crippen LogP contribution >= 0.6 is 0 Å². The average Bonchev–Trinajstić information content (AvgIpc) is 3.14. The Bertz CT molecular complexity index is 612. The van der Waals surface area contributed by atoms with Gasteiger partial charge < -0.3 is 5.73 Å². The van der Waals surface area contributed by atoms with Gasteiger partial charge in [-0.25, -0.2) is 8.42 Å². The van der Waals surface area contributed by atoms with E-state index in [-0.39, 0.29) is 29.7 Å². The van der Waals surface area contributed by atoms with Crippen molar-refractivity contribution in [1.82, 2.24) is 14.1 Å². The molecule has 1 fully saturated rings. The first-order chi connectivity index (χ1) is 9.50. The van der Waals surface area contributed by atoms with Gasteiger partial charge in [-0.3, -0.25) is 4.68 Å². The molecule has 0 spiro atoms. The first kappa shape index (κ1) is 14.8. The van der Waals surface area contributed by atoms with Crippen LogP contribution in [0, 0.1) is 11.3 Å². The van der Waals surface area contributed by atoms with E-state index in [0.29, 0.717) is 6.54 Å². The lowest BCUT2D eigenvalue weighted by Crippen LogP contribution is -2.34. The third kappa shape index (κ3) is 2.94. The molecule has 20 heavy (non-hydrogen) atoms. The Balaban J connectivity index is 2.30. The van der Waals surface area contributed by atoms with E-state index in [1.165, 1.54) is 10.5 Å². The predicted octanol–water partition coefficient (Wildman–Crippen LogP) is 0.942. The van der Waals surface area contributed by atoms with Gasteiger partial charge in [-0.1, -0.05) is 6.92 Å². The molecule has 0 aromatic carbocycles. The summed E-state index contributed by atoms with van der Waals surface area (Å²) in [5.74, 6) is 0.0288. The van der Waals surface area contributed by atoms with Crippen LogP contribution in [0.4, 0.5) is 5.82 Å². The highest BCUT2D eigenvalue weighted by Crippen LogP contribution is 2.33. The Morgan fingerprint density at radius 1 is 1.60 bits per heavy atom. The molecule has 0 unspecified atom stereocenters. The summed E-state index contributed by atoms with van der Waals surface area (Å²) in [6.07, 6.45) is 4.19. The molecule has 110 valence electrons. The molecule has 0 bridgehead atoms. The number of nitrogen functional groups attached to an aromatic ring is 1. The summed E-state index contributed by atoms with van der Waals surface area (Å²) in [4.78, 5) is 0.0517. The van der Waals surface area contributed by atoms with Gasteiger partial charge in [-0.15, -0.1) is 0 Å². The van der Waals surface area contributed by atoms with Gasteiger partial charge in [0.1, 0.15) is 4.90 Å². The monoisotopic (exact) mass is 297 g/mol. The van der Waals surface area contributed by atoms with Crippen LogP contribution in [-0.4, -0.2) is 35.1 Å². The fourth-order valence-electron chi connectivity index (χ4n) is 2.11. The van der Waals surface area contributed by atoms with Gasteiger partial charge in [0, 0.05) is 31.7 Å². The maximum Gasteiger partial charge on any atom is 0.248 e. The molecule has 1 aromatic rings. The number of anilines is 1. The summed E-state index contributed by atoms with van der Waals surface area (Å²) >= 11 is 0. The molecular weight excluding hydrogens is 278 g/mol. The minimum absolute atomic E-state index is 0.00211. The van der Waals surface area contributed by atoms with Crippen LogP contribution in [0.25, 0.3) is 0 Å². The third-order valence-electron chi connectivity index (χ3n) is 3.19. The molecule has 1 saturated carbocycles. The summed E-state index contributed by atoms with van der Waals surface area (Å²) in [5.41, 5.74) is 5.74. The molecule has 1 heterocycles. The second kappa shape index (κ2) is 5.81. The Morgan fingerprint density at radius 2 is 2.30 bits per heavy atom. The number of nitriles is 1. The van der Waals surface area contributed by atoms with Crippen molar-refractivity contribution in [3.8, 4) is 6.07 Å². The molecule has 1 aromatic heterocycles. The fourth-order valence-corrected chi connectivity index (χ4v) is 3.86. The predicted molar refractivity (Wildman–Crippen MR) is 74.1 cm³/mol. The normalized spacial score (nSPS) is 15.4. The molecule has 7 nitrogen and oxygen atoms in total. The van der Waals surface area contributed by atoms with Crippen LogP contribution in [0.5, 0.6) is 0 Å². The second-order valence-corrected chi connectivity index (χ2v) is 6.76. The van der Waals surface area contributed by atoms with E-state index in [0.717, 1.165) is 19.3 Å². The van der Waals surface area contributed by atoms with Crippen molar-refractivity contribution in [2.24, 2.45) is 0 Å². The van der Waals surface area contributed by atoms with Gasteiger partial charge in [-0.05, 0) is 19.3 Å². The Labute approximate surface area is 119 Å². The second-order valence-electron chi connectivity index (χ2n) is 4.90. The Morgan fingerprint density at radius 3 is 2.85 bits per heavy atom. The summed E-state index contributed by atoms with van der Waals surface area (Å²) in [6.45, 7) is 2.82. The molecule has 0 atom stereocenters. The zero-order valence-corrected chi connectivity index (χ0v) is 12.3. The average molecular weight is 297 g/mol. The van der Waals surface area contributed by atoms with Crippen LogP contribution in [0.2, 0.25) is 0 Å². The summed E-state index contributed by atoms with van der Waals surface area (Å²) < 4.78 is 28.2. The maximum atomic E-state index is 12.6. The maximum absolute atomic E-state index is 12.6. The number of hydrogen-bond donors (Lipinski definition) is 1. The highest BCUT2D eigenvalue weighted by atomic mass is 32.2. The van der Waals surface area contributed by atoms with Gasteiger partial charge >= 0.3 is 0 Å². The minimum Gasteiger partial charge on any atom is -0.381 e. The van der Waals surface area contributed by atoms with Gasteiger partial charge in [0.05, 0.1) is 6.07 Å². The van der Waals surface area contributed by atoms with Crippen LogP contribution in [0.15, 0.2) is 11.1 Å². The highest BCUT2D eigenvalue weighted by Gasteiger charge is 2.39. The molecule has 0 saturated heterocycles. The SMILES string of the molecule is CCCn1cc(S(=O)(=O)N(CCC#N)C2CC2)c(N)n1. The van der Waals surface area contributed by atoms with Crippen LogP contribution in [0.1, 0.15) is 32.6 Å². The number of aromatic nitrogens is 2. The van der Waals surface area contributed by atoms with Crippen molar-refractivity contribution < 1.29 is 8.42 Å². The molecule has 0 aliphatic heterocycles. The first-order valence-corrected chi connectivity index (χ1v) is 8.16. The van der Waals surface area contributed by atoms with E-state index in [9.17, 15) is 8.42 Å². The molecule has 0 amide bonds. The number of nitrogens with two attached hydrogens (primary N) is 1. The zero-order valence-electron chi connectivity index (χ0n) is 11.5. The molecule has 0 radical (unpaired) electrons. The largest absolute Gasteiger partial charge is 0.381 e. The summed E-state index contributed by atoms with van der Waals surface area (Å²) in [6, 6.07) is 1.99. The standard InChI is InChI=1S/C12H19N5O2S/c1-2-7-16-9-11(12(14)15-16)20(18,19)17(8-3-6-13)10-4-5-10/h9-10H,2-5,7-8H2,1H3,(H2,14,15). The van der Waals surface area contributed by atoms with Gasteiger partial charge in [0.25, 0.3) is 0 Å². The van der Waals surface area contributed by atoms with E-state index in [4.69, 9.17) is 11.0 Å². The van der Waals surface area contributed by atoms with Crippen molar-refractivity contribution in [3.05, 3.63) is 6.20 Å². The van der Waals surface area contributed by atoms with Gasteiger partial charge in [0.15, 0.2) is 5.82 Å². The Kier molecular flexibility index (Phi) is 4.30. The lowest BCUT2D eigenvalue weighted by atomic mass is 10.4. The van der Waals surface area contributed by atoms with Crippen molar-refractivity contribution in [2.75, 3.05) is 12.3 Å². The number of hydrogen-bond acceptors (Lipinski definition) is 5.